The number of carboxylic acids is 1. The molecule has 1 saturated heterocycles. The average Bonchev–Trinajstić information content (AvgIpc) is 3.00. The van der Waals surface area contributed by atoms with Crippen molar-refractivity contribution in [3.05, 3.63) is 33.9 Å². The summed E-state index contributed by atoms with van der Waals surface area (Å²) in [4.78, 5) is 25.4. The van der Waals surface area contributed by atoms with Crippen LogP contribution in [0.1, 0.15) is 23.3 Å². The highest BCUT2D eigenvalue weighted by Gasteiger charge is 2.39. The van der Waals surface area contributed by atoms with E-state index in [1.807, 2.05) is 0 Å². The molecule has 10 heteroatoms. The van der Waals surface area contributed by atoms with Gasteiger partial charge in [-0.2, -0.15) is 0 Å². The fourth-order valence-electron chi connectivity index (χ4n) is 3.96. The van der Waals surface area contributed by atoms with Crippen LogP contribution < -0.4 is 20.8 Å². The lowest BCUT2D eigenvalue weighted by Crippen LogP contribution is -2.33. The molecule has 2 aliphatic rings. The number of rotatable bonds is 3. The first-order valence-electron chi connectivity index (χ1n) is 8.76. The van der Waals surface area contributed by atoms with Gasteiger partial charge < -0.3 is 25.0 Å². The molecule has 0 aliphatic carbocycles. The van der Waals surface area contributed by atoms with Crippen molar-refractivity contribution in [2.75, 3.05) is 24.6 Å². The van der Waals surface area contributed by atoms with E-state index >= 15 is 0 Å². The number of carboxylic acid groups (broad SMARTS) is 1. The van der Waals surface area contributed by atoms with E-state index in [9.17, 15) is 27.9 Å². The van der Waals surface area contributed by atoms with Crippen LogP contribution in [0, 0.1) is 11.7 Å². The predicted octanol–water partition coefficient (Wildman–Crippen LogP) is 1.82. The summed E-state index contributed by atoms with van der Waals surface area (Å²) < 4.78 is 48.6. The Bertz CT molecular complexity index is 1040. The molecule has 3 atom stereocenters. The van der Waals surface area contributed by atoms with Crippen molar-refractivity contribution < 1.29 is 27.8 Å². The summed E-state index contributed by atoms with van der Waals surface area (Å²) in [6, 6.07) is -0.190. The molecule has 3 N–H and O–H groups in total. The molecule has 0 amide bonds. The van der Waals surface area contributed by atoms with Crippen LogP contribution in [0.2, 0.25) is 0 Å². The summed E-state index contributed by atoms with van der Waals surface area (Å²) in [5, 5.41) is 9.17. The molecule has 4 rings (SSSR count). The molecule has 0 bridgehead atoms. The van der Waals surface area contributed by atoms with E-state index < -0.39 is 41.2 Å². The zero-order chi connectivity index (χ0) is 20.3. The summed E-state index contributed by atoms with van der Waals surface area (Å²) in [6.07, 6.45) is -1.43. The van der Waals surface area contributed by atoms with Gasteiger partial charge in [-0.05, 0) is 13.0 Å². The Morgan fingerprint density at radius 2 is 2.11 bits per heavy atom. The van der Waals surface area contributed by atoms with Crippen LogP contribution in [0.4, 0.5) is 18.9 Å². The predicted molar refractivity (Wildman–Crippen MR) is 95.0 cm³/mol. The Kier molecular flexibility index (Phi) is 4.25. The van der Waals surface area contributed by atoms with Gasteiger partial charge in [-0.15, -0.1) is 0 Å². The number of alkyl halides is 2. The molecule has 1 aromatic heterocycles. The Hall–Kier alpha value is -2.75. The SMILES string of the molecule is CC1COc2c(N3C[C@H](N)[C@H](C(F)F)C3)c(F)cc3c(=O)c(C(=O)O)cn1c23. The molecule has 0 saturated carbocycles. The number of carbonyl (C=O) groups is 1. The van der Waals surface area contributed by atoms with Gasteiger partial charge in [-0.1, -0.05) is 0 Å². The maximum atomic E-state index is 15.0. The Morgan fingerprint density at radius 3 is 2.71 bits per heavy atom. The largest absolute Gasteiger partial charge is 0.487 e. The van der Waals surface area contributed by atoms with Gasteiger partial charge in [0.1, 0.15) is 17.9 Å². The van der Waals surface area contributed by atoms with Gasteiger partial charge in [-0.25, -0.2) is 18.0 Å². The molecule has 1 fully saturated rings. The Labute approximate surface area is 157 Å². The molecule has 1 aromatic carbocycles. The first-order valence-corrected chi connectivity index (χ1v) is 8.76. The van der Waals surface area contributed by atoms with Crippen LogP contribution in [0.5, 0.6) is 5.75 Å². The molecule has 0 radical (unpaired) electrons. The van der Waals surface area contributed by atoms with Crippen LogP contribution in [0.15, 0.2) is 17.1 Å². The minimum absolute atomic E-state index is 0.0147. The van der Waals surface area contributed by atoms with Crippen molar-refractivity contribution in [3.8, 4) is 5.75 Å². The second-order valence-electron chi connectivity index (χ2n) is 7.24. The third-order valence-electron chi connectivity index (χ3n) is 5.42. The van der Waals surface area contributed by atoms with E-state index in [-0.39, 0.29) is 48.1 Å². The highest BCUT2D eigenvalue weighted by molar-refractivity contribution is 5.97. The average molecular weight is 397 g/mol. The molecule has 1 unspecified atom stereocenters. The number of pyridine rings is 1. The van der Waals surface area contributed by atoms with Crippen LogP contribution in [0.25, 0.3) is 10.9 Å². The molecule has 2 aromatic rings. The van der Waals surface area contributed by atoms with Crippen molar-refractivity contribution in [1.82, 2.24) is 4.57 Å². The zero-order valence-corrected chi connectivity index (χ0v) is 14.9. The van der Waals surface area contributed by atoms with Crippen LogP contribution in [-0.4, -0.2) is 47.8 Å². The number of nitrogens with zero attached hydrogens (tertiary/aromatic N) is 2. The van der Waals surface area contributed by atoms with E-state index in [0.717, 1.165) is 6.07 Å². The highest BCUT2D eigenvalue weighted by atomic mass is 19.3. The molecule has 7 nitrogen and oxygen atoms in total. The van der Waals surface area contributed by atoms with Gasteiger partial charge in [0, 0.05) is 25.3 Å². The number of ether oxygens (including phenoxy) is 1. The number of nitrogens with two attached hydrogens (primary N) is 1. The van der Waals surface area contributed by atoms with Crippen molar-refractivity contribution >= 4 is 22.6 Å². The van der Waals surface area contributed by atoms with E-state index in [4.69, 9.17) is 10.5 Å². The lowest BCUT2D eigenvalue weighted by Gasteiger charge is -2.31. The first-order chi connectivity index (χ1) is 13.2. The normalized spacial score (nSPS) is 24.1. The maximum absolute atomic E-state index is 15.0. The van der Waals surface area contributed by atoms with Crippen molar-refractivity contribution in [1.29, 1.82) is 0 Å². The van der Waals surface area contributed by atoms with Gasteiger partial charge in [0.05, 0.1) is 22.9 Å². The summed E-state index contributed by atoms with van der Waals surface area (Å²) in [6.45, 7) is 1.74. The first kappa shape index (κ1) is 18.6. The molecule has 0 spiro atoms. The minimum Gasteiger partial charge on any atom is -0.487 e. The van der Waals surface area contributed by atoms with Gasteiger partial charge in [0.15, 0.2) is 11.6 Å². The fraction of sp³-hybridized carbons (Fsp3) is 0.444. The number of benzene rings is 1. The number of halogens is 3. The van der Waals surface area contributed by atoms with E-state index in [1.54, 1.807) is 11.5 Å². The topological polar surface area (TPSA) is 97.8 Å². The molecular weight excluding hydrogens is 379 g/mol. The minimum atomic E-state index is -2.64. The van der Waals surface area contributed by atoms with Crippen LogP contribution >= 0.6 is 0 Å². The summed E-state index contributed by atoms with van der Waals surface area (Å²) in [5.41, 5.74) is 4.72. The summed E-state index contributed by atoms with van der Waals surface area (Å²) >= 11 is 0. The van der Waals surface area contributed by atoms with Gasteiger partial charge in [0.25, 0.3) is 0 Å². The van der Waals surface area contributed by atoms with Crippen molar-refractivity contribution in [2.24, 2.45) is 11.7 Å². The monoisotopic (exact) mass is 397 g/mol. The Morgan fingerprint density at radius 1 is 1.39 bits per heavy atom. The number of hydrogen-bond acceptors (Lipinski definition) is 5. The van der Waals surface area contributed by atoms with Crippen LogP contribution in [-0.2, 0) is 0 Å². The quantitative estimate of drug-likeness (QED) is 0.820. The third kappa shape index (κ3) is 2.62. The van der Waals surface area contributed by atoms with Crippen molar-refractivity contribution in [3.63, 3.8) is 0 Å². The molecular formula is C18H18F3N3O4. The summed E-state index contributed by atoms with van der Waals surface area (Å²) in [5.74, 6) is -3.32. The number of aromatic nitrogens is 1. The Balaban J connectivity index is 1.97. The lowest BCUT2D eigenvalue weighted by atomic mass is 10.1. The highest BCUT2D eigenvalue weighted by Crippen LogP contribution is 2.43. The number of hydrogen-bond donors (Lipinski definition) is 2. The standard InChI is InChI=1S/C18H18F3N3O4/c1-7-6-28-16-13-8(15(25)10(18(26)27)4-24(7)13)2-11(19)14(16)23-3-9(17(20)21)12(22)5-23/h2,4,7,9,12,17H,3,5-6,22H2,1H3,(H,26,27)/t7?,9-,12+/m1/s1. The second kappa shape index (κ2) is 6.40. The van der Waals surface area contributed by atoms with Crippen molar-refractivity contribution in [2.45, 2.75) is 25.4 Å². The fourth-order valence-corrected chi connectivity index (χ4v) is 3.96. The van der Waals surface area contributed by atoms with E-state index in [2.05, 4.69) is 0 Å². The van der Waals surface area contributed by atoms with Gasteiger partial charge in [0.2, 0.25) is 11.9 Å². The second-order valence-corrected chi connectivity index (χ2v) is 7.24. The smallest absolute Gasteiger partial charge is 0.341 e. The number of aromatic carboxylic acids is 1. The van der Waals surface area contributed by atoms with Gasteiger partial charge in [-0.3, -0.25) is 4.79 Å². The molecule has 2 aliphatic heterocycles. The van der Waals surface area contributed by atoms with E-state index in [0.29, 0.717) is 0 Å². The van der Waals surface area contributed by atoms with E-state index in [1.165, 1.54) is 11.1 Å². The summed E-state index contributed by atoms with van der Waals surface area (Å²) in [7, 11) is 0. The molecule has 3 heterocycles. The maximum Gasteiger partial charge on any atom is 0.341 e. The van der Waals surface area contributed by atoms with Gasteiger partial charge >= 0.3 is 5.97 Å². The molecule has 28 heavy (non-hydrogen) atoms. The van der Waals surface area contributed by atoms with Crippen LogP contribution in [0.3, 0.4) is 0 Å². The third-order valence-corrected chi connectivity index (χ3v) is 5.42. The molecule has 150 valence electrons. The number of anilines is 1. The zero-order valence-electron chi connectivity index (χ0n) is 14.9. The lowest BCUT2D eigenvalue weighted by molar-refractivity contribution is 0.0694.